The van der Waals surface area contributed by atoms with Gasteiger partial charge in [0.05, 0.1) is 5.56 Å². The van der Waals surface area contributed by atoms with E-state index in [9.17, 15) is 18.0 Å². The summed E-state index contributed by atoms with van der Waals surface area (Å²) in [4.78, 5) is 19.7. The predicted octanol–water partition coefficient (Wildman–Crippen LogP) is 1.57. The van der Waals surface area contributed by atoms with Gasteiger partial charge < -0.3 is 14.5 Å². The molecule has 0 aliphatic carbocycles. The third kappa shape index (κ3) is 4.83. The Labute approximate surface area is 137 Å². The van der Waals surface area contributed by atoms with Crippen molar-refractivity contribution in [3.05, 3.63) is 23.9 Å². The molecule has 1 fully saturated rings. The summed E-state index contributed by atoms with van der Waals surface area (Å²) in [6.45, 7) is 1.66. The van der Waals surface area contributed by atoms with E-state index in [0.29, 0.717) is 37.6 Å². The van der Waals surface area contributed by atoms with E-state index in [0.717, 1.165) is 0 Å². The summed E-state index contributed by atoms with van der Waals surface area (Å²) in [5.41, 5.74) is 0.461. The number of pyridine rings is 1. The second-order valence-corrected chi connectivity index (χ2v) is 5.40. The Morgan fingerprint density at radius 2 is 2.04 bits per heavy atom. The molecule has 1 atom stereocenters. The molecule has 130 valence electrons. The number of ether oxygens (including phenoxy) is 1. The van der Waals surface area contributed by atoms with Crippen molar-refractivity contribution in [2.45, 2.75) is 19.2 Å². The Morgan fingerprint density at radius 1 is 1.38 bits per heavy atom. The highest BCUT2D eigenvalue weighted by atomic mass is 19.4. The van der Waals surface area contributed by atoms with Crippen molar-refractivity contribution in [1.82, 2.24) is 9.88 Å². The highest BCUT2D eigenvalue weighted by molar-refractivity contribution is 5.80. The van der Waals surface area contributed by atoms with Crippen LogP contribution in [0.1, 0.15) is 12.5 Å². The van der Waals surface area contributed by atoms with E-state index >= 15 is 0 Å². The van der Waals surface area contributed by atoms with E-state index in [2.05, 4.69) is 9.72 Å². The fraction of sp³-hybridized carbons (Fsp3) is 0.533. The lowest BCUT2D eigenvalue weighted by molar-refractivity contribution is -0.188. The number of piperazine rings is 1. The minimum Gasteiger partial charge on any atom is -0.359 e. The molecule has 9 heteroatoms. The normalized spacial score (nSPS) is 16.6. The summed E-state index contributed by atoms with van der Waals surface area (Å²) in [6, 6.07) is 5.37. The number of nitrogens with zero attached hydrogens (tertiary/aromatic N) is 4. The van der Waals surface area contributed by atoms with Gasteiger partial charge in [-0.15, -0.1) is 0 Å². The minimum absolute atomic E-state index is 0.375. The van der Waals surface area contributed by atoms with Crippen LogP contribution in [0, 0.1) is 11.3 Å². The van der Waals surface area contributed by atoms with Crippen molar-refractivity contribution < 1.29 is 22.7 Å². The van der Waals surface area contributed by atoms with E-state index < -0.39 is 24.8 Å². The summed E-state index contributed by atoms with van der Waals surface area (Å²) >= 11 is 0. The Bertz CT molecular complexity index is 605. The smallest absolute Gasteiger partial charge is 0.359 e. The van der Waals surface area contributed by atoms with Crippen LogP contribution in [0.15, 0.2) is 18.3 Å². The molecule has 1 aliphatic heterocycles. The fourth-order valence-electron chi connectivity index (χ4n) is 2.34. The third-order valence-electron chi connectivity index (χ3n) is 3.64. The van der Waals surface area contributed by atoms with Crippen LogP contribution < -0.4 is 4.90 Å². The number of rotatable bonds is 4. The molecule has 0 N–H and O–H groups in total. The maximum Gasteiger partial charge on any atom is 0.411 e. The monoisotopic (exact) mass is 342 g/mol. The molecule has 0 aromatic carbocycles. The Morgan fingerprint density at radius 3 is 2.54 bits per heavy atom. The number of carbonyl (C=O) groups excluding carboxylic acids is 1. The largest absolute Gasteiger partial charge is 0.411 e. The number of anilines is 1. The molecule has 1 aromatic rings. The van der Waals surface area contributed by atoms with Crippen LogP contribution >= 0.6 is 0 Å². The Balaban J connectivity index is 1.85. The van der Waals surface area contributed by atoms with Gasteiger partial charge in [0.25, 0.3) is 5.91 Å². The van der Waals surface area contributed by atoms with Gasteiger partial charge in [-0.1, -0.05) is 0 Å². The fourth-order valence-corrected chi connectivity index (χ4v) is 2.34. The lowest BCUT2D eigenvalue weighted by Gasteiger charge is -2.36. The lowest BCUT2D eigenvalue weighted by Crippen LogP contribution is -2.51. The van der Waals surface area contributed by atoms with E-state index in [1.54, 1.807) is 12.1 Å². The lowest BCUT2D eigenvalue weighted by atomic mass is 10.2. The molecule has 6 nitrogen and oxygen atoms in total. The van der Waals surface area contributed by atoms with Crippen molar-refractivity contribution >= 4 is 11.7 Å². The number of hydrogen-bond donors (Lipinski definition) is 0. The first kappa shape index (κ1) is 18.0. The maximum absolute atomic E-state index is 12.1. The molecule has 1 saturated heterocycles. The summed E-state index contributed by atoms with van der Waals surface area (Å²) in [7, 11) is 0. The van der Waals surface area contributed by atoms with E-state index in [1.165, 1.54) is 18.0 Å². The van der Waals surface area contributed by atoms with Gasteiger partial charge in [0, 0.05) is 32.4 Å². The molecule has 1 amide bonds. The van der Waals surface area contributed by atoms with Crippen molar-refractivity contribution in [3.63, 3.8) is 0 Å². The molecule has 0 bridgehead atoms. The summed E-state index contributed by atoms with van der Waals surface area (Å²) < 4.78 is 41.0. The van der Waals surface area contributed by atoms with Gasteiger partial charge in [-0.25, -0.2) is 4.98 Å². The first-order valence-corrected chi connectivity index (χ1v) is 7.38. The number of aromatic nitrogens is 1. The molecular weight excluding hydrogens is 325 g/mol. The highest BCUT2D eigenvalue weighted by Gasteiger charge is 2.32. The van der Waals surface area contributed by atoms with Gasteiger partial charge in [0.2, 0.25) is 0 Å². The average Bonchev–Trinajstić information content (AvgIpc) is 2.58. The van der Waals surface area contributed by atoms with Crippen LogP contribution in [0.25, 0.3) is 0 Å². The maximum atomic E-state index is 12.1. The second-order valence-electron chi connectivity index (χ2n) is 5.40. The second kappa shape index (κ2) is 7.49. The molecule has 1 aliphatic rings. The van der Waals surface area contributed by atoms with Crippen LogP contribution in [0.4, 0.5) is 19.0 Å². The number of halogens is 3. The molecular formula is C15H17F3N4O2. The zero-order chi connectivity index (χ0) is 17.7. The first-order chi connectivity index (χ1) is 11.3. The van der Waals surface area contributed by atoms with E-state index in [1.807, 2.05) is 11.0 Å². The standard InChI is InChI=1S/C15H17F3N4O2/c1-11(24-10-15(16,17)18)14(23)22-6-4-21(5-7-22)13-3-2-12(8-19)9-20-13/h2-3,9,11H,4-7,10H2,1H3/t11-/m0/s1. The predicted molar refractivity (Wildman–Crippen MR) is 79.2 cm³/mol. The molecule has 24 heavy (non-hydrogen) atoms. The van der Waals surface area contributed by atoms with Gasteiger partial charge in [-0.3, -0.25) is 4.79 Å². The van der Waals surface area contributed by atoms with Crippen LogP contribution in [0.2, 0.25) is 0 Å². The quantitative estimate of drug-likeness (QED) is 0.831. The first-order valence-electron chi connectivity index (χ1n) is 7.38. The number of carbonyl (C=O) groups is 1. The number of alkyl halides is 3. The molecule has 0 spiro atoms. The molecule has 0 saturated carbocycles. The SMILES string of the molecule is C[C@H](OCC(F)(F)F)C(=O)N1CCN(c2ccc(C#N)cn2)CC1. The molecule has 2 heterocycles. The summed E-state index contributed by atoms with van der Waals surface area (Å²) in [5.74, 6) is 0.245. The molecule has 1 aromatic heterocycles. The van der Waals surface area contributed by atoms with Crippen molar-refractivity contribution in [3.8, 4) is 6.07 Å². The highest BCUT2D eigenvalue weighted by Crippen LogP contribution is 2.17. The van der Waals surface area contributed by atoms with E-state index in [4.69, 9.17) is 5.26 Å². The molecule has 2 rings (SSSR count). The molecule has 0 unspecified atom stereocenters. The Kier molecular flexibility index (Phi) is 5.62. The van der Waals surface area contributed by atoms with E-state index in [-0.39, 0.29) is 0 Å². The number of hydrogen-bond acceptors (Lipinski definition) is 5. The minimum atomic E-state index is -4.45. The van der Waals surface area contributed by atoms with Gasteiger partial charge in [0.1, 0.15) is 24.6 Å². The summed E-state index contributed by atoms with van der Waals surface area (Å²) in [5, 5.41) is 8.75. The van der Waals surface area contributed by atoms with Gasteiger partial charge in [0.15, 0.2) is 0 Å². The van der Waals surface area contributed by atoms with Crippen LogP contribution in [-0.2, 0) is 9.53 Å². The molecule has 0 radical (unpaired) electrons. The van der Waals surface area contributed by atoms with Gasteiger partial charge >= 0.3 is 6.18 Å². The van der Waals surface area contributed by atoms with Gasteiger partial charge in [-0.05, 0) is 19.1 Å². The van der Waals surface area contributed by atoms with Gasteiger partial charge in [-0.2, -0.15) is 18.4 Å². The van der Waals surface area contributed by atoms with Crippen molar-refractivity contribution in [2.24, 2.45) is 0 Å². The third-order valence-corrected chi connectivity index (χ3v) is 3.64. The van der Waals surface area contributed by atoms with Crippen molar-refractivity contribution in [2.75, 3.05) is 37.7 Å². The number of amides is 1. The zero-order valence-corrected chi connectivity index (χ0v) is 13.1. The topological polar surface area (TPSA) is 69.5 Å². The van der Waals surface area contributed by atoms with Crippen LogP contribution in [-0.4, -0.2) is 60.9 Å². The average molecular weight is 342 g/mol. The van der Waals surface area contributed by atoms with Crippen molar-refractivity contribution in [1.29, 1.82) is 5.26 Å². The summed E-state index contributed by atoms with van der Waals surface area (Å²) in [6.07, 6.45) is -4.11. The zero-order valence-electron chi connectivity index (χ0n) is 13.1. The van der Waals surface area contributed by atoms with Crippen LogP contribution in [0.5, 0.6) is 0 Å². The van der Waals surface area contributed by atoms with Crippen LogP contribution in [0.3, 0.4) is 0 Å². The Hall–Kier alpha value is -2.34. The number of nitriles is 1.